The molecule has 0 saturated heterocycles. The number of fused-ring (bicyclic) bond motifs is 1. The minimum absolute atomic E-state index is 0.108. The van der Waals surface area contributed by atoms with Crippen molar-refractivity contribution in [3.05, 3.63) is 28.6 Å². The minimum atomic E-state index is 0.108. The van der Waals surface area contributed by atoms with Crippen LogP contribution in [0.4, 0.5) is 0 Å². The van der Waals surface area contributed by atoms with Crippen LogP contribution in [0.5, 0.6) is 5.75 Å². The van der Waals surface area contributed by atoms with Crippen molar-refractivity contribution >= 4 is 27.7 Å². The molecule has 0 saturated carbocycles. The number of hydrogen-bond acceptors (Lipinski definition) is 4. The van der Waals surface area contributed by atoms with E-state index in [1.54, 1.807) is 12.1 Å². The zero-order valence-electron chi connectivity index (χ0n) is 7.02. The third-order valence-electron chi connectivity index (χ3n) is 1.92. The summed E-state index contributed by atoms with van der Waals surface area (Å²) in [5, 5.41) is 18.9. The third-order valence-corrected chi connectivity index (χ3v) is 3.00. The Kier molecular flexibility index (Phi) is 1.95. The van der Waals surface area contributed by atoms with E-state index in [9.17, 15) is 9.90 Å². The quantitative estimate of drug-likeness (QED) is 0.723. The molecule has 4 heteroatoms. The van der Waals surface area contributed by atoms with E-state index in [-0.39, 0.29) is 5.75 Å². The molecule has 0 aliphatic heterocycles. The molecular formula is C10H5NO2S. The highest BCUT2D eigenvalue weighted by Gasteiger charge is 2.09. The van der Waals surface area contributed by atoms with Crippen molar-refractivity contribution in [3.63, 3.8) is 0 Å². The lowest BCUT2D eigenvalue weighted by Crippen LogP contribution is -1.74. The van der Waals surface area contributed by atoms with Crippen molar-refractivity contribution in [1.29, 1.82) is 5.26 Å². The smallest absolute Gasteiger partial charge is 0.160 e. The Hall–Kier alpha value is -1.86. The van der Waals surface area contributed by atoms with Gasteiger partial charge in [-0.3, -0.25) is 4.79 Å². The molecule has 0 bridgehead atoms. The molecule has 1 heterocycles. The van der Waals surface area contributed by atoms with Crippen LogP contribution in [-0.2, 0) is 0 Å². The topological polar surface area (TPSA) is 61.1 Å². The zero-order valence-corrected chi connectivity index (χ0v) is 7.84. The predicted molar refractivity (Wildman–Crippen MR) is 53.6 cm³/mol. The van der Waals surface area contributed by atoms with Gasteiger partial charge in [0.15, 0.2) is 6.29 Å². The number of aromatic hydroxyl groups is 1. The molecule has 1 aromatic heterocycles. The Morgan fingerprint density at radius 1 is 1.50 bits per heavy atom. The Balaban J connectivity index is 2.89. The standard InChI is InChI=1S/C10H5NO2S/c11-4-6-1-2-9(13)10-8(6)3-7(5-12)14-10/h1-3,5,13H. The summed E-state index contributed by atoms with van der Waals surface area (Å²) in [4.78, 5) is 11.0. The van der Waals surface area contributed by atoms with Crippen LogP contribution in [0.25, 0.3) is 10.1 Å². The number of nitrogens with zero attached hydrogens (tertiary/aromatic N) is 1. The van der Waals surface area contributed by atoms with E-state index < -0.39 is 0 Å². The van der Waals surface area contributed by atoms with Gasteiger partial charge in [0.2, 0.25) is 0 Å². The number of hydrogen-bond donors (Lipinski definition) is 1. The van der Waals surface area contributed by atoms with Crippen LogP contribution in [0.15, 0.2) is 18.2 Å². The molecule has 0 atom stereocenters. The molecule has 68 valence electrons. The molecule has 0 spiro atoms. The average molecular weight is 203 g/mol. The van der Waals surface area contributed by atoms with Gasteiger partial charge in [0.05, 0.1) is 21.2 Å². The average Bonchev–Trinajstić information content (AvgIpc) is 2.63. The molecule has 3 nitrogen and oxygen atoms in total. The lowest BCUT2D eigenvalue weighted by molar-refractivity contribution is 0.112. The number of thiophene rings is 1. The number of phenols is 1. The van der Waals surface area contributed by atoms with Gasteiger partial charge in [-0.2, -0.15) is 5.26 Å². The molecule has 2 aromatic rings. The third kappa shape index (κ3) is 1.15. The summed E-state index contributed by atoms with van der Waals surface area (Å²) in [5.41, 5.74) is 0.474. The van der Waals surface area contributed by atoms with Crippen molar-refractivity contribution in [3.8, 4) is 11.8 Å². The number of aldehydes is 1. The number of carbonyl (C=O) groups is 1. The molecule has 1 N–H and O–H groups in total. The van der Waals surface area contributed by atoms with E-state index >= 15 is 0 Å². The van der Waals surface area contributed by atoms with Gasteiger partial charge < -0.3 is 5.11 Å². The highest BCUT2D eigenvalue weighted by molar-refractivity contribution is 7.20. The van der Waals surface area contributed by atoms with E-state index in [2.05, 4.69) is 0 Å². The van der Waals surface area contributed by atoms with Crippen LogP contribution in [0.2, 0.25) is 0 Å². The van der Waals surface area contributed by atoms with Gasteiger partial charge in [-0.25, -0.2) is 0 Å². The normalized spacial score (nSPS) is 9.93. The van der Waals surface area contributed by atoms with Gasteiger partial charge in [0.1, 0.15) is 5.75 Å². The Morgan fingerprint density at radius 3 is 2.93 bits per heavy atom. The summed E-state index contributed by atoms with van der Waals surface area (Å²) in [6, 6.07) is 6.64. The van der Waals surface area contributed by atoms with Crippen molar-refractivity contribution in [2.24, 2.45) is 0 Å². The van der Waals surface area contributed by atoms with E-state index in [0.29, 0.717) is 26.8 Å². The second-order valence-corrected chi connectivity index (χ2v) is 3.84. The van der Waals surface area contributed by atoms with Crippen molar-refractivity contribution in [2.75, 3.05) is 0 Å². The molecule has 0 unspecified atom stereocenters. The van der Waals surface area contributed by atoms with E-state index in [0.717, 1.165) is 0 Å². The predicted octanol–water partition coefficient (Wildman–Crippen LogP) is 2.29. The summed E-state index contributed by atoms with van der Waals surface area (Å²) in [6.45, 7) is 0. The summed E-state index contributed by atoms with van der Waals surface area (Å²) in [6.07, 6.45) is 0.714. The fraction of sp³-hybridized carbons (Fsp3) is 0. The molecule has 0 radical (unpaired) electrons. The van der Waals surface area contributed by atoms with Gasteiger partial charge >= 0.3 is 0 Å². The van der Waals surface area contributed by atoms with Crippen LogP contribution in [0.3, 0.4) is 0 Å². The Morgan fingerprint density at radius 2 is 2.29 bits per heavy atom. The number of nitriles is 1. The van der Waals surface area contributed by atoms with E-state index in [1.165, 1.54) is 17.4 Å². The first-order chi connectivity index (χ1) is 6.76. The molecule has 1 aromatic carbocycles. The van der Waals surface area contributed by atoms with E-state index in [1.807, 2.05) is 6.07 Å². The molecule has 2 rings (SSSR count). The molecule has 0 fully saturated rings. The SMILES string of the molecule is N#Cc1ccc(O)c2sc(C=O)cc12. The molecule has 0 aliphatic carbocycles. The van der Waals surface area contributed by atoms with Crippen molar-refractivity contribution < 1.29 is 9.90 Å². The number of benzene rings is 1. The first-order valence-electron chi connectivity index (χ1n) is 3.87. The van der Waals surface area contributed by atoms with Gasteiger partial charge in [0, 0.05) is 5.39 Å². The maximum atomic E-state index is 10.5. The highest BCUT2D eigenvalue weighted by atomic mass is 32.1. The van der Waals surface area contributed by atoms with Crippen LogP contribution in [0.1, 0.15) is 15.2 Å². The summed E-state index contributed by atoms with van der Waals surface area (Å²) < 4.78 is 0.589. The first-order valence-corrected chi connectivity index (χ1v) is 4.68. The fourth-order valence-corrected chi connectivity index (χ4v) is 2.20. The number of phenolic OH excluding ortho intramolecular Hbond substituents is 1. The van der Waals surface area contributed by atoms with Gasteiger partial charge in [0.25, 0.3) is 0 Å². The monoisotopic (exact) mass is 203 g/mol. The lowest BCUT2D eigenvalue weighted by Gasteiger charge is -1.94. The lowest BCUT2D eigenvalue weighted by atomic mass is 10.1. The number of carbonyl (C=O) groups excluding carboxylic acids is 1. The summed E-state index contributed by atoms with van der Waals surface area (Å²) in [7, 11) is 0. The van der Waals surface area contributed by atoms with Crippen LogP contribution < -0.4 is 0 Å². The van der Waals surface area contributed by atoms with Crippen molar-refractivity contribution in [1.82, 2.24) is 0 Å². The molecule has 14 heavy (non-hydrogen) atoms. The second kappa shape index (κ2) is 3.13. The van der Waals surface area contributed by atoms with Crippen LogP contribution in [-0.4, -0.2) is 11.4 Å². The van der Waals surface area contributed by atoms with Crippen molar-refractivity contribution in [2.45, 2.75) is 0 Å². The Bertz CT molecular complexity index is 551. The maximum absolute atomic E-state index is 10.5. The minimum Gasteiger partial charge on any atom is -0.506 e. The summed E-state index contributed by atoms with van der Waals surface area (Å²) in [5.74, 6) is 0.108. The Labute approximate surface area is 83.8 Å². The molecule has 0 aliphatic rings. The zero-order chi connectivity index (χ0) is 10.1. The first kappa shape index (κ1) is 8.73. The van der Waals surface area contributed by atoms with Gasteiger partial charge in [-0.05, 0) is 18.2 Å². The highest BCUT2D eigenvalue weighted by Crippen LogP contribution is 2.34. The summed E-state index contributed by atoms with van der Waals surface area (Å²) >= 11 is 1.18. The van der Waals surface area contributed by atoms with Gasteiger partial charge in [-0.15, -0.1) is 11.3 Å². The van der Waals surface area contributed by atoms with Crippen LogP contribution in [0, 0.1) is 11.3 Å². The van der Waals surface area contributed by atoms with E-state index in [4.69, 9.17) is 5.26 Å². The molecule has 0 amide bonds. The largest absolute Gasteiger partial charge is 0.506 e. The fourth-order valence-electron chi connectivity index (χ4n) is 1.28. The van der Waals surface area contributed by atoms with Gasteiger partial charge in [-0.1, -0.05) is 0 Å². The van der Waals surface area contributed by atoms with Crippen LogP contribution >= 0.6 is 11.3 Å². The number of rotatable bonds is 1. The maximum Gasteiger partial charge on any atom is 0.160 e. The molecular weight excluding hydrogens is 198 g/mol. The second-order valence-electron chi connectivity index (χ2n) is 2.75.